The van der Waals surface area contributed by atoms with Crippen LogP contribution in [-0.4, -0.2) is 20.4 Å². The van der Waals surface area contributed by atoms with Gasteiger partial charge < -0.3 is 14.2 Å². The smallest absolute Gasteiger partial charge is 0.283 e. The van der Waals surface area contributed by atoms with E-state index in [0.717, 1.165) is 15.2 Å². The lowest BCUT2D eigenvalue weighted by Gasteiger charge is -2.01. The summed E-state index contributed by atoms with van der Waals surface area (Å²) in [6.45, 7) is 2.05. The maximum atomic E-state index is 5.57. The third-order valence-electron chi connectivity index (χ3n) is 3.23. The molecule has 0 radical (unpaired) electrons. The van der Waals surface area contributed by atoms with Crippen LogP contribution in [0.2, 0.25) is 0 Å². The minimum absolute atomic E-state index is 0.375. The van der Waals surface area contributed by atoms with Gasteiger partial charge in [0, 0.05) is 5.69 Å². The van der Waals surface area contributed by atoms with E-state index in [-0.39, 0.29) is 0 Å². The molecule has 0 aliphatic heterocycles. The SMILES string of the molecule is Cc1ccc(Nc2nnc(SCc3nnc(-c4ccco4)o3)s2)cc1. The summed E-state index contributed by atoms with van der Waals surface area (Å²) >= 11 is 2.97. The summed E-state index contributed by atoms with van der Waals surface area (Å²) in [5.41, 5.74) is 2.20. The van der Waals surface area contributed by atoms with E-state index in [0.29, 0.717) is 23.3 Å². The van der Waals surface area contributed by atoms with Crippen LogP contribution in [0.1, 0.15) is 11.5 Å². The second-order valence-electron chi connectivity index (χ2n) is 5.13. The van der Waals surface area contributed by atoms with Crippen molar-refractivity contribution in [3.05, 3.63) is 54.1 Å². The van der Waals surface area contributed by atoms with Crippen molar-refractivity contribution in [2.75, 3.05) is 5.32 Å². The summed E-state index contributed by atoms with van der Waals surface area (Å²) < 4.78 is 11.6. The van der Waals surface area contributed by atoms with Crippen molar-refractivity contribution in [2.45, 2.75) is 17.0 Å². The number of furan rings is 1. The maximum absolute atomic E-state index is 5.57. The monoisotopic (exact) mass is 371 g/mol. The van der Waals surface area contributed by atoms with Crippen molar-refractivity contribution in [3.63, 3.8) is 0 Å². The first-order chi connectivity index (χ1) is 12.3. The number of thioether (sulfide) groups is 1. The molecule has 0 unspecified atom stereocenters. The van der Waals surface area contributed by atoms with Crippen molar-refractivity contribution >= 4 is 33.9 Å². The Morgan fingerprint density at radius 3 is 2.76 bits per heavy atom. The van der Waals surface area contributed by atoms with Crippen LogP contribution in [0.5, 0.6) is 0 Å². The lowest BCUT2D eigenvalue weighted by molar-refractivity contribution is 0.494. The molecule has 0 aliphatic carbocycles. The van der Waals surface area contributed by atoms with Crippen molar-refractivity contribution in [1.82, 2.24) is 20.4 Å². The summed E-state index contributed by atoms with van der Waals surface area (Å²) in [5, 5.41) is 20.3. The molecule has 0 bridgehead atoms. The summed E-state index contributed by atoms with van der Waals surface area (Å²) in [7, 11) is 0. The van der Waals surface area contributed by atoms with Gasteiger partial charge in [0.25, 0.3) is 5.89 Å². The van der Waals surface area contributed by atoms with Crippen LogP contribution in [0, 0.1) is 6.92 Å². The van der Waals surface area contributed by atoms with E-state index in [4.69, 9.17) is 8.83 Å². The molecular weight excluding hydrogens is 358 g/mol. The molecule has 7 nitrogen and oxygen atoms in total. The van der Waals surface area contributed by atoms with E-state index < -0.39 is 0 Å². The Balaban J connectivity index is 1.36. The molecule has 1 N–H and O–H groups in total. The van der Waals surface area contributed by atoms with Gasteiger partial charge in [0.15, 0.2) is 10.1 Å². The van der Waals surface area contributed by atoms with E-state index in [2.05, 4.69) is 32.6 Å². The third kappa shape index (κ3) is 3.89. The number of nitrogens with one attached hydrogen (secondary N) is 1. The van der Waals surface area contributed by atoms with Crippen LogP contribution in [0.4, 0.5) is 10.8 Å². The second kappa shape index (κ2) is 7.08. The average molecular weight is 371 g/mol. The molecule has 9 heteroatoms. The summed E-state index contributed by atoms with van der Waals surface area (Å²) in [6.07, 6.45) is 1.57. The lowest BCUT2D eigenvalue weighted by Crippen LogP contribution is -1.88. The predicted molar refractivity (Wildman–Crippen MR) is 95.9 cm³/mol. The van der Waals surface area contributed by atoms with Crippen molar-refractivity contribution in [2.24, 2.45) is 0 Å². The fourth-order valence-corrected chi connectivity index (χ4v) is 3.62. The van der Waals surface area contributed by atoms with Crippen molar-refractivity contribution in [3.8, 4) is 11.7 Å². The molecule has 0 saturated heterocycles. The Kier molecular flexibility index (Phi) is 4.49. The van der Waals surface area contributed by atoms with Gasteiger partial charge in [0.1, 0.15) is 0 Å². The minimum atomic E-state index is 0.375. The number of nitrogens with zero attached hydrogens (tertiary/aromatic N) is 4. The van der Waals surface area contributed by atoms with Crippen LogP contribution in [0.15, 0.2) is 55.8 Å². The summed E-state index contributed by atoms with van der Waals surface area (Å²) in [5.74, 6) is 1.97. The van der Waals surface area contributed by atoms with E-state index in [1.54, 1.807) is 18.4 Å². The van der Waals surface area contributed by atoms with Crippen LogP contribution in [0.3, 0.4) is 0 Å². The van der Waals surface area contributed by atoms with Crippen LogP contribution in [-0.2, 0) is 5.75 Å². The van der Waals surface area contributed by atoms with Crippen LogP contribution >= 0.6 is 23.1 Å². The van der Waals surface area contributed by atoms with Gasteiger partial charge in [-0.05, 0) is 31.2 Å². The molecule has 3 aromatic heterocycles. The Labute approximate surface area is 151 Å². The van der Waals surface area contributed by atoms with Gasteiger partial charge in [0.05, 0.1) is 12.0 Å². The van der Waals surface area contributed by atoms with Gasteiger partial charge in [0.2, 0.25) is 11.0 Å². The van der Waals surface area contributed by atoms with E-state index in [1.165, 1.54) is 28.7 Å². The molecule has 1 aromatic carbocycles. The van der Waals surface area contributed by atoms with Crippen molar-refractivity contribution in [1.29, 1.82) is 0 Å². The van der Waals surface area contributed by atoms with Gasteiger partial charge in [-0.25, -0.2) is 0 Å². The van der Waals surface area contributed by atoms with Gasteiger partial charge in [-0.2, -0.15) is 0 Å². The highest BCUT2D eigenvalue weighted by Crippen LogP contribution is 2.30. The first-order valence-electron chi connectivity index (χ1n) is 7.42. The highest BCUT2D eigenvalue weighted by Gasteiger charge is 2.12. The van der Waals surface area contributed by atoms with Crippen molar-refractivity contribution < 1.29 is 8.83 Å². The minimum Gasteiger partial charge on any atom is -0.459 e. The topological polar surface area (TPSA) is 89.9 Å². The molecule has 4 aromatic rings. The van der Waals surface area contributed by atoms with E-state index in [9.17, 15) is 0 Å². The number of hydrogen-bond acceptors (Lipinski definition) is 9. The van der Waals surface area contributed by atoms with E-state index >= 15 is 0 Å². The molecule has 0 atom stereocenters. The van der Waals surface area contributed by atoms with Gasteiger partial charge in [-0.15, -0.1) is 20.4 Å². The molecule has 0 aliphatic rings. The van der Waals surface area contributed by atoms with Crippen LogP contribution in [0.25, 0.3) is 11.7 Å². The molecule has 25 heavy (non-hydrogen) atoms. The summed E-state index contributed by atoms with van der Waals surface area (Å²) in [4.78, 5) is 0. The number of hydrogen-bond donors (Lipinski definition) is 1. The Morgan fingerprint density at radius 1 is 1.08 bits per heavy atom. The van der Waals surface area contributed by atoms with Gasteiger partial charge in [-0.3, -0.25) is 0 Å². The molecular formula is C16H13N5O2S2. The third-order valence-corrected chi connectivity index (χ3v) is 5.18. The lowest BCUT2D eigenvalue weighted by atomic mass is 10.2. The molecule has 4 rings (SSSR count). The first kappa shape index (κ1) is 15.9. The predicted octanol–water partition coefficient (Wildman–Crippen LogP) is 4.53. The number of aryl methyl sites for hydroxylation is 1. The molecule has 0 amide bonds. The first-order valence-corrected chi connectivity index (χ1v) is 9.23. The Morgan fingerprint density at radius 2 is 1.96 bits per heavy atom. The quantitative estimate of drug-likeness (QED) is 0.495. The fraction of sp³-hybridized carbons (Fsp3) is 0.125. The maximum Gasteiger partial charge on any atom is 0.283 e. The van der Waals surface area contributed by atoms with Gasteiger partial charge >= 0.3 is 0 Å². The zero-order valence-electron chi connectivity index (χ0n) is 13.2. The normalized spacial score (nSPS) is 10.9. The van der Waals surface area contributed by atoms with Gasteiger partial charge in [-0.1, -0.05) is 40.8 Å². The second-order valence-corrected chi connectivity index (χ2v) is 7.33. The van der Waals surface area contributed by atoms with Crippen LogP contribution < -0.4 is 5.32 Å². The zero-order chi connectivity index (χ0) is 17.1. The standard InChI is InChI=1S/C16H13N5O2S2/c1-10-4-6-11(7-5-10)17-15-20-21-16(25-15)24-9-13-18-19-14(23-13)12-3-2-8-22-12/h2-8H,9H2,1H3,(H,17,20). The molecule has 0 spiro atoms. The highest BCUT2D eigenvalue weighted by atomic mass is 32.2. The van der Waals surface area contributed by atoms with E-state index in [1.807, 2.05) is 24.3 Å². The number of rotatable bonds is 6. The number of aromatic nitrogens is 4. The highest BCUT2D eigenvalue weighted by molar-refractivity contribution is 8.00. The number of benzene rings is 1. The fourth-order valence-electron chi connectivity index (χ4n) is 2.01. The largest absolute Gasteiger partial charge is 0.459 e. The molecule has 0 fully saturated rings. The molecule has 126 valence electrons. The Hall–Kier alpha value is -2.65. The summed E-state index contributed by atoms with van der Waals surface area (Å²) in [6, 6.07) is 11.7. The zero-order valence-corrected chi connectivity index (χ0v) is 14.8. The average Bonchev–Trinajstić information content (AvgIpc) is 3.36. The Bertz CT molecular complexity index is 947. The number of anilines is 2. The molecule has 0 saturated carbocycles. The molecule has 3 heterocycles.